The van der Waals surface area contributed by atoms with Crippen molar-refractivity contribution >= 4 is 62.3 Å². The average molecular weight is 741 g/mol. The van der Waals surface area contributed by atoms with E-state index < -0.39 is 28.5 Å². The zero-order valence-electron chi connectivity index (χ0n) is 27.3. The van der Waals surface area contributed by atoms with Crippen molar-refractivity contribution in [2.45, 2.75) is 69.0 Å². The minimum absolute atomic E-state index is 0.0150. The Morgan fingerprint density at radius 2 is 1.50 bits per heavy atom. The van der Waals surface area contributed by atoms with Crippen LogP contribution in [-0.2, 0) is 26.2 Å². The van der Waals surface area contributed by atoms with E-state index in [0.29, 0.717) is 21.4 Å². The van der Waals surface area contributed by atoms with Gasteiger partial charge in [-0.05, 0) is 61.7 Å². The lowest BCUT2D eigenvalue weighted by molar-refractivity contribution is -0.140. The molecule has 1 fully saturated rings. The summed E-state index contributed by atoms with van der Waals surface area (Å²) >= 11 is 19.4. The summed E-state index contributed by atoms with van der Waals surface area (Å²) in [6, 6.07) is 12.5. The van der Waals surface area contributed by atoms with Gasteiger partial charge >= 0.3 is 0 Å². The van der Waals surface area contributed by atoms with Crippen molar-refractivity contribution in [3.63, 3.8) is 0 Å². The van der Waals surface area contributed by atoms with Crippen molar-refractivity contribution in [3.05, 3.63) is 75.2 Å². The number of carbonyl (C=O) groups is 2. The standard InChI is InChI=1S/C34H40Cl3N3O7S/c1-5-28(34(42)38-23-10-7-6-8-11-23)39(20-25-26(36)12-9-13-27(25)37)33(41)21-40(29-18-22(35)14-16-30(29)45-2)48(43,44)24-15-17-31(46-3)32(19-24)47-4/h9,12-19,23,28H,5-8,10-11,20-21H2,1-4H3,(H,38,42). The number of hydrogen-bond donors (Lipinski definition) is 1. The van der Waals surface area contributed by atoms with E-state index in [-0.39, 0.29) is 52.0 Å². The van der Waals surface area contributed by atoms with Gasteiger partial charge in [0.15, 0.2) is 11.5 Å². The normalized spacial score (nSPS) is 14.1. The van der Waals surface area contributed by atoms with E-state index >= 15 is 0 Å². The number of methoxy groups -OCH3 is 3. The zero-order chi connectivity index (χ0) is 35.0. The second kappa shape index (κ2) is 16.8. The Balaban J connectivity index is 1.82. The van der Waals surface area contributed by atoms with Crippen LogP contribution in [0.1, 0.15) is 51.0 Å². The number of amides is 2. The van der Waals surface area contributed by atoms with Gasteiger partial charge in [-0.2, -0.15) is 0 Å². The lowest BCUT2D eigenvalue weighted by Gasteiger charge is -2.35. The molecule has 260 valence electrons. The van der Waals surface area contributed by atoms with E-state index in [1.807, 2.05) is 0 Å². The van der Waals surface area contributed by atoms with Crippen LogP contribution in [-0.4, -0.2) is 65.1 Å². The Labute approximate surface area is 297 Å². The summed E-state index contributed by atoms with van der Waals surface area (Å²) in [4.78, 5) is 29.6. The largest absolute Gasteiger partial charge is 0.495 e. The maximum atomic E-state index is 14.6. The van der Waals surface area contributed by atoms with Gasteiger partial charge in [0.25, 0.3) is 10.0 Å². The topological polar surface area (TPSA) is 114 Å². The van der Waals surface area contributed by atoms with Gasteiger partial charge in [0.05, 0.1) is 31.9 Å². The number of carbonyl (C=O) groups excluding carboxylic acids is 2. The van der Waals surface area contributed by atoms with Crippen molar-refractivity contribution in [3.8, 4) is 17.2 Å². The summed E-state index contributed by atoms with van der Waals surface area (Å²) in [6.07, 6.45) is 5.05. The van der Waals surface area contributed by atoms with Crippen LogP contribution in [0.25, 0.3) is 0 Å². The third kappa shape index (κ3) is 8.61. The number of nitrogens with one attached hydrogen (secondary N) is 1. The molecule has 0 aliphatic heterocycles. The molecule has 1 atom stereocenters. The number of hydrogen-bond acceptors (Lipinski definition) is 7. The molecule has 1 saturated carbocycles. The van der Waals surface area contributed by atoms with Crippen LogP contribution in [0.4, 0.5) is 5.69 Å². The maximum absolute atomic E-state index is 14.6. The van der Waals surface area contributed by atoms with E-state index in [4.69, 9.17) is 49.0 Å². The molecule has 3 aromatic carbocycles. The lowest BCUT2D eigenvalue weighted by Crippen LogP contribution is -2.54. The molecule has 3 aromatic rings. The second-order valence-corrected chi connectivity index (χ2v) is 14.4. The molecule has 1 aliphatic rings. The molecule has 48 heavy (non-hydrogen) atoms. The fourth-order valence-corrected chi connectivity index (χ4v) is 7.91. The van der Waals surface area contributed by atoms with Gasteiger partial charge in [-0.15, -0.1) is 0 Å². The minimum atomic E-state index is -4.50. The maximum Gasteiger partial charge on any atom is 0.265 e. The number of benzene rings is 3. The molecule has 10 nitrogen and oxygen atoms in total. The molecule has 0 spiro atoms. The summed E-state index contributed by atoms with van der Waals surface area (Å²) in [5, 5.41) is 3.93. The Morgan fingerprint density at radius 1 is 0.875 bits per heavy atom. The van der Waals surface area contributed by atoms with E-state index in [2.05, 4.69) is 5.32 Å². The van der Waals surface area contributed by atoms with Crippen LogP contribution in [0, 0.1) is 0 Å². The van der Waals surface area contributed by atoms with Crippen molar-refractivity contribution in [1.82, 2.24) is 10.2 Å². The van der Waals surface area contributed by atoms with Crippen molar-refractivity contribution in [2.24, 2.45) is 0 Å². The first-order valence-corrected chi connectivity index (χ1v) is 18.1. The highest BCUT2D eigenvalue weighted by Gasteiger charge is 2.36. The van der Waals surface area contributed by atoms with Crippen LogP contribution in [0.15, 0.2) is 59.5 Å². The van der Waals surface area contributed by atoms with Gasteiger partial charge in [-0.25, -0.2) is 8.42 Å². The van der Waals surface area contributed by atoms with Gasteiger partial charge in [0.1, 0.15) is 18.3 Å². The van der Waals surface area contributed by atoms with Gasteiger partial charge in [-0.1, -0.05) is 67.1 Å². The number of ether oxygens (including phenoxy) is 3. The van der Waals surface area contributed by atoms with Gasteiger partial charge in [0, 0.05) is 39.3 Å². The van der Waals surface area contributed by atoms with Crippen molar-refractivity contribution in [2.75, 3.05) is 32.2 Å². The summed E-state index contributed by atoms with van der Waals surface area (Å²) in [6.45, 7) is 0.922. The molecule has 0 radical (unpaired) electrons. The predicted octanol–water partition coefficient (Wildman–Crippen LogP) is 7.12. The molecule has 1 unspecified atom stereocenters. The third-order valence-electron chi connectivity index (χ3n) is 8.36. The Kier molecular flexibility index (Phi) is 13.1. The summed E-state index contributed by atoms with van der Waals surface area (Å²) < 4.78 is 46.1. The number of nitrogens with zero attached hydrogens (tertiary/aromatic N) is 2. The lowest BCUT2D eigenvalue weighted by atomic mass is 9.95. The van der Waals surface area contributed by atoms with Gasteiger partial charge < -0.3 is 24.4 Å². The highest BCUT2D eigenvalue weighted by molar-refractivity contribution is 7.92. The molecular weight excluding hydrogens is 701 g/mol. The number of rotatable bonds is 14. The van der Waals surface area contributed by atoms with E-state index in [1.54, 1.807) is 31.2 Å². The molecule has 1 N–H and O–H groups in total. The zero-order valence-corrected chi connectivity index (χ0v) is 30.4. The summed E-state index contributed by atoms with van der Waals surface area (Å²) in [7, 11) is -0.298. The number of anilines is 1. The smallest absolute Gasteiger partial charge is 0.265 e. The monoisotopic (exact) mass is 739 g/mol. The quantitative estimate of drug-likeness (QED) is 0.187. The highest BCUT2D eigenvalue weighted by atomic mass is 35.5. The molecule has 4 rings (SSSR count). The fourth-order valence-electron chi connectivity index (χ4n) is 5.79. The number of sulfonamides is 1. The summed E-state index contributed by atoms with van der Waals surface area (Å²) in [5.74, 6) is -0.377. The first-order chi connectivity index (χ1) is 22.9. The van der Waals surface area contributed by atoms with E-state index in [9.17, 15) is 18.0 Å². The molecule has 1 aliphatic carbocycles. The number of halogens is 3. The van der Waals surface area contributed by atoms with Crippen LogP contribution < -0.4 is 23.8 Å². The van der Waals surface area contributed by atoms with Crippen LogP contribution >= 0.6 is 34.8 Å². The Morgan fingerprint density at radius 3 is 2.10 bits per heavy atom. The van der Waals surface area contributed by atoms with Crippen LogP contribution in [0.5, 0.6) is 17.2 Å². The Hall–Kier alpha value is -3.38. The summed E-state index contributed by atoms with van der Waals surface area (Å²) in [5.41, 5.74) is 0.441. The fraction of sp³-hybridized carbons (Fsp3) is 0.412. The molecule has 14 heteroatoms. The van der Waals surface area contributed by atoms with E-state index in [0.717, 1.165) is 36.4 Å². The minimum Gasteiger partial charge on any atom is -0.495 e. The third-order valence-corrected chi connectivity index (χ3v) is 11.1. The van der Waals surface area contributed by atoms with Crippen LogP contribution in [0.3, 0.4) is 0 Å². The van der Waals surface area contributed by atoms with E-state index in [1.165, 1.54) is 56.6 Å². The first kappa shape index (κ1) is 37.4. The predicted molar refractivity (Wildman–Crippen MR) is 188 cm³/mol. The SMILES string of the molecule is CCC(C(=O)NC1CCCCC1)N(Cc1c(Cl)cccc1Cl)C(=O)CN(c1cc(Cl)ccc1OC)S(=O)(=O)c1ccc(OC)c(OC)c1. The molecule has 2 amide bonds. The van der Waals surface area contributed by atoms with Crippen molar-refractivity contribution in [1.29, 1.82) is 0 Å². The first-order valence-electron chi connectivity index (χ1n) is 15.6. The Bertz CT molecular complexity index is 1700. The molecule has 0 saturated heterocycles. The van der Waals surface area contributed by atoms with Gasteiger partial charge in [0.2, 0.25) is 11.8 Å². The molecular formula is C34H40Cl3N3O7S. The highest BCUT2D eigenvalue weighted by Crippen LogP contribution is 2.37. The van der Waals surface area contributed by atoms with Crippen molar-refractivity contribution < 1.29 is 32.2 Å². The second-order valence-electron chi connectivity index (χ2n) is 11.3. The average Bonchev–Trinajstić information content (AvgIpc) is 3.08. The molecule has 0 aromatic heterocycles. The molecule has 0 heterocycles. The van der Waals surface area contributed by atoms with Crippen LogP contribution in [0.2, 0.25) is 15.1 Å². The van der Waals surface area contributed by atoms with Gasteiger partial charge in [-0.3, -0.25) is 13.9 Å². The molecule has 0 bridgehead atoms.